The van der Waals surface area contributed by atoms with Gasteiger partial charge >= 0.3 is 5.97 Å². The smallest absolute Gasteiger partial charge is 0.329 e. The number of imidazole rings is 1. The van der Waals surface area contributed by atoms with Crippen LogP contribution in [0.2, 0.25) is 0 Å². The summed E-state index contributed by atoms with van der Waals surface area (Å²) in [4.78, 5) is 58.0. The van der Waals surface area contributed by atoms with Gasteiger partial charge in [0.15, 0.2) is 23.7 Å². The van der Waals surface area contributed by atoms with Crippen LogP contribution in [-0.4, -0.2) is 80.2 Å². The van der Waals surface area contributed by atoms with E-state index >= 15 is 4.39 Å². The summed E-state index contributed by atoms with van der Waals surface area (Å²) in [6.45, 7) is 4.50. The van der Waals surface area contributed by atoms with Crippen molar-refractivity contribution < 1.29 is 38.1 Å². The minimum atomic E-state index is -2.03. The first kappa shape index (κ1) is 28.9. The first-order valence-corrected chi connectivity index (χ1v) is 14.5. The molecule has 1 spiro atoms. The Labute approximate surface area is 242 Å². The van der Waals surface area contributed by atoms with Gasteiger partial charge in [0, 0.05) is 30.4 Å². The molecule has 5 N–H and O–H groups in total. The molecular formula is C30H37FN4O7. The predicted octanol–water partition coefficient (Wildman–Crippen LogP) is 1.01. The monoisotopic (exact) mass is 584 g/mol. The Balaban J connectivity index is 1.20. The second-order valence-corrected chi connectivity index (χ2v) is 12.9. The number of aliphatic hydroxyl groups excluding tert-OH is 1. The summed E-state index contributed by atoms with van der Waals surface area (Å²) >= 11 is 0. The number of ketones is 2. The summed E-state index contributed by atoms with van der Waals surface area (Å²) in [5.41, 5.74) is 1.32. The molecule has 12 heteroatoms. The predicted molar refractivity (Wildman–Crippen MR) is 145 cm³/mol. The van der Waals surface area contributed by atoms with Crippen molar-refractivity contribution in [2.24, 2.45) is 28.9 Å². The molecule has 1 saturated heterocycles. The largest absolute Gasteiger partial charge is 0.456 e. The van der Waals surface area contributed by atoms with Gasteiger partial charge in [0.2, 0.25) is 11.7 Å². The molecule has 0 aromatic carbocycles. The number of esters is 1. The van der Waals surface area contributed by atoms with E-state index in [2.05, 4.69) is 15.3 Å². The Kier molecular flexibility index (Phi) is 6.63. The molecule has 4 fully saturated rings. The Bertz CT molecular complexity index is 1390. The van der Waals surface area contributed by atoms with Gasteiger partial charge in [0.25, 0.3) is 0 Å². The number of halogens is 1. The van der Waals surface area contributed by atoms with Gasteiger partial charge in [-0.25, -0.2) is 14.2 Å². The normalized spacial score (nSPS) is 40.9. The minimum absolute atomic E-state index is 0.0285. The average molecular weight is 585 g/mol. The molecule has 1 amide bonds. The molecule has 1 aromatic heterocycles. The third kappa shape index (κ3) is 3.84. The fourth-order valence-corrected chi connectivity index (χ4v) is 8.58. The number of allylic oxidation sites excluding steroid dienone is 4. The van der Waals surface area contributed by atoms with E-state index in [-0.39, 0.29) is 30.5 Å². The number of H-pyrrole nitrogens is 1. The summed E-state index contributed by atoms with van der Waals surface area (Å²) in [5.74, 6) is -3.23. The molecule has 4 aliphatic carbocycles. The van der Waals surface area contributed by atoms with Crippen molar-refractivity contribution >= 4 is 23.4 Å². The van der Waals surface area contributed by atoms with Crippen LogP contribution in [0.1, 0.15) is 52.1 Å². The molecule has 1 aliphatic heterocycles. The average Bonchev–Trinajstić information content (AvgIpc) is 3.20. The number of aliphatic hydroxyl groups is 1. The zero-order chi connectivity index (χ0) is 30.2. The molecular weight excluding hydrogens is 547 g/mol. The van der Waals surface area contributed by atoms with Crippen molar-refractivity contribution in [2.75, 3.05) is 6.61 Å². The first-order chi connectivity index (χ1) is 19.8. The van der Waals surface area contributed by atoms with Gasteiger partial charge in [0.05, 0.1) is 24.2 Å². The van der Waals surface area contributed by atoms with Crippen molar-refractivity contribution in [1.29, 1.82) is 0 Å². The number of Topliss-reactive ketones (excluding diaryl/α,β-unsaturated/α-hetero) is 1. The lowest BCUT2D eigenvalue weighted by atomic mass is 9.48. The number of carbonyl (C=O) groups excluding carboxylic acids is 4. The zero-order valence-corrected chi connectivity index (χ0v) is 23.9. The highest BCUT2D eigenvalue weighted by Crippen LogP contribution is 2.76. The molecule has 2 heterocycles. The highest BCUT2D eigenvalue weighted by atomic mass is 19.1. The molecule has 10 atom stereocenters. The summed E-state index contributed by atoms with van der Waals surface area (Å²) in [6, 6.07) is -1.99. The lowest BCUT2D eigenvalue weighted by Crippen LogP contribution is -2.66. The lowest BCUT2D eigenvalue weighted by molar-refractivity contribution is -0.179. The van der Waals surface area contributed by atoms with Crippen LogP contribution in [0.15, 0.2) is 36.3 Å². The fraction of sp³-hybridized carbons (Fsp3) is 0.633. The van der Waals surface area contributed by atoms with E-state index < -0.39 is 70.7 Å². The van der Waals surface area contributed by atoms with Crippen LogP contribution in [0, 0.1) is 23.2 Å². The number of fused-ring (bicyclic) bond motifs is 4. The molecule has 11 nitrogen and oxygen atoms in total. The van der Waals surface area contributed by atoms with Gasteiger partial charge in [-0.3, -0.25) is 14.4 Å². The molecule has 226 valence electrons. The molecule has 0 radical (unpaired) electrons. The fourth-order valence-electron chi connectivity index (χ4n) is 8.58. The second-order valence-electron chi connectivity index (χ2n) is 12.9. The van der Waals surface area contributed by atoms with E-state index in [0.29, 0.717) is 30.5 Å². The van der Waals surface area contributed by atoms with E-state index in [4.69, 9.17) is 15.2 Å². The quantitative estimate of drug-likeness (QED) is 0.257. The van der Waals surface area contributed by atoms with Crippen LogP contribution in [0.5, 0.6) is 0 Å². The van der Waals surface area contributed by atoms with Gasteiger partial charge < -0.3 is 30.6 Å². The minimum Gasteiger partial charge on any atom is -0.456 e. The summed E-state index contributed by atoms with van der Waals surface area (Å²) < 4.78 is 29.0. The number of aromatic amines is 1. The Morgan fingerprint density at radius 1 is 1.36 bits per heavy atom. The number of rotatable bonds is 8. The van der Waals surface area contributed by atoms with Crippen LogP contribution >= 0.6 is 0 Å². The van der Waals surface area contributed by atoms with E-state index in [1.54, 1.807) is 19.2 Å². The molecule has 42 heavy (non-hydrogen) atoms. The maximum atomic E-state index is 17.3. The Morgan fingerprint density at radius 2 is 2.12 bits per heavy atom. The molecule has 1 aromatic rings. The van der Waals surface area contributed by atoms with E-state index in [1.807, 2.05) is 6.92 Å². The third-order valence-electron chi connectivity index (χ3n) is 10.7. The van der Waals surface area contributed by atoms with Gasteiger partial charge in [-0.1, -0.05) is 18.6 Å². The van der Waals surface area contributed by atoms with E-state index in [0.717, 1.165) is 0 Å². The number of epoxide rings is 1. The maximum Gasteiger partial charge on any atom is 0.329 e. The number of ether oxygens (including phenoxy) is 2. The van der Waals surface area contributed by atoms with Crippen molar-refractivity contribution in [1.82, 2.24) is 15.3 Å². The molecule has 3 saturated carbocycles. The van der Waals surface area contributed by atoms with Gasteiger partial charge in [-0.05, 0) is 57.1 Å². The van der Waals surface area contributed by atoms with Gasteiger partial charge in [0.1, 0.15) is 11.6 Å². The number of hydrogen-bond donors (Lipinski definition) is 4. The molecule has 5 aliphatic rings. The van der Waals surface area contributed by atoms with Crippen molar-refractivity contribution in [3.63, 3.8) is 0 Å². The highest BCUT2D eigenvalue weighted by molar-refractivity contribution is 6.01. The summed E-state index contributed by atoms with van der Waals surface area (Å²) in [6.07, 6.45) is 7.43. The Hall–Kier alpha value is -3.22. The van der Waals surface area contributed by atoms with E-state index in [1.165, 1.54) is 25.4 Å². The number of nitrogens with one attached hydrogen (secondary N) is 2. The molecule has 0 bridgehead atoms. The number of aromatic nitrogens is 2. The van der Waals surface area contributed by atoms with Crippen molar-refractivity contribution in [3.05, 3.63) is 42.0 Å². The first-order valence-electron chi connectivity index (χ1n) is 14.5. The van der Waals surface area contributed by atoms with Gasteiger partial charge in [-0.2, -0.15) is 0 Å². The SMILES string of the molecule is CC(N)C(=O)NC(Cc1c[nH]cn1)C(=O)OCC(=O)[C@]12O[C@@]13C[C@H](O)[C@@]1(F)[C@@H](CCC4=CC(=O)C=C[C@@]41C)[C@@H]3C[C@H]2C. The zero-order valence-electron chi connectivity index (χ0n) is 23.9. The summed E-state index contributed by atoms with van der Waals surface area (Å²) in [5, 5.41) is 14.0. The topological polar surface area (TPSA) is 177 Å². The number of alkyl halides is 1. The van der Waals surface area contributed by atoms with Crippen LogP contribution < -0.4 is 11.1 Å². The standard InChI is InChI=1S/C30H37FN4O7/c1-15-8-21-20-5-4-17-9-19(36)6-7-27(17,3)29(20,31)23(37)11-28(21)30(15,42-28)24(38)13-41-26(40)22(35-25(39)16(2)32)10-18-12-33-14-34-18/h6-7,9,12,14-16,20-23,37H,4-5,8,10-11,13,32H2,1-3H3,(H,33,34)(H,35,39)/t15-,16?,20+,21+,22?,23+,27+,28-,29+,30+/m1/s1. The van der Waals surface area contributed by atoms with Crippen LogP contribution in [-0.2, 0) is 35.1 Å². The summed E-state index contributed by atoms with van der Waals surface area (Å²) in [7, 11) is 0. The second kappa shape index (κ2) is 9.65. The van der Waals surface area contributed by atoms with E-state index in [9.17, 15) is 24.3 Å². The maximum absolute atomic E-state index is 17.3. The number of carbonyl (C=O) groups is 4. The number of amides is 1. The molecule has 2 unspecified atom stereocenters. The number of nitrogens with zero attached hydrogens (tertiary/aromatic N) is 1. The number of hydrogen-bond acceptors (Lipinski definition) is 9. The van der Waals surface area contributed by atoms with Crippen molar-refractivity contribution in [2.45, 2.75) is 87.9 Å². The third-order valence-corrected chi connectivity index (χ3v) is 10.7. The van der Waals surface area contributed by atoms with Crippen LogP contribution in [0.25, 0.3) is 0 Å². The lowest BCUT2D eigenvalue weighted by Gasteiger charge is -2.59. The van der Waals surface area contributed by atoms with Crippen LogP contribution in [0.4, 0.5) is 4.39 Å². The van der Waals surface area contributed by atoms with Crippen molar-refractivity contribution in [3.8, 4) is 0 Å². The van der Waals surface area contributed by atoms with Crippen LogP contribution in [0.3, 0.4) is 0 Å². The highest BCUT2D eigenvalue weighted by Gasteiger charge is 2.88. The van der Waals surface area contributed by atoms with Gasteiger partial charge in [-0.15, -0.1) is 0 Å². The number of nitrogens with two attached hydrogens (primary N) is 1. The molecule has 6 rings (SSSR count). The Morgan fingerprint density at radius 3 is 2.81 bits per heavy atom.